The molecule has 1 N–H and O–H groups in total. The minimum atomic E-state index is -3.65. The van der Waals surface area contributed by atoms with Crippen LogP contribution in [0.2, 0.25) is 5.02 Å². The largest absolute Gasteiger partial charge is 0.491 e. The van der Waals surface area contributed by atoms with Crippen molar-refractivity contribution in [3.05, 3.63) is 59.1 Å². The number of halogens is 1. The Hall–Kier alpha value is -2.09. The molecule has 6 nitrogen and oxygen atoms in total. The fourth-order valence-corrected chi connectivity index (χ4v) is 5.04. The van der Waals surface area contributed by atoms with E-state index in [1.807, 2.05) is 38.1 Å². The number of carbonyl (C=O) groups excluding carboxylic acids is 1. The van der Waals surface area contributed by atoms with Crippen LogP contribution in [0.25, 0.3) is 0 Å². The van der Waals surface area contributed by atoms with Gasteiger partial charge in [0.1, 0.15) is 12.4 Å². The molecule has 2 atom stereocenters. The van der Waals surface area contributed by atoms with E-state index in [4.69, 9.17) is 16.3 Å². The van der Waals surface area contributed by atoms with E-state index < -0.39 is 10.0 Å². The molecule has 3 rings (SSSR count). The van der Waals surface area contributed by atoms with Crippen LogP contribution < -0.4 is 10.1 Å². The Morgan fingerprint density at radius 3 is 2.53 bits per heavy atom. The van der Waals surface area contributed by atoms with Crippen molar-refractivity contribution in [2.75, 3.05) is 19.7 Å². The smallest absolute Gasteiger partial charge is 0.243 e. The summed E-state index contributed by atoms with van der Waals surface area (Å²) in [6, 6.07) is 13.6. The second-order valence-corrected chi connectivity index (χ2v) is 10.1. The van der Waals surface area contributed by atoms with Crippen LogP contribution in [-0.2, 0) is 14.8 Å². The first-order chi connectivity index (χ1) is 14.3. The second kappa shape index (κ2) is 9.81. The number of rotatable bonds is 7. The summed E-state index contributed by atoms with van der Waals surface area (Å²) in [5.74, 6) is 0.216. The van der Waals surface area contributed by atoms with Gasteiger partial charge in [0.15, 0.2) is 0 Å². The van der Waals surface area contributed by atoms with Gasteiger partial charge < -0.3 is 10.1 Å². The van der Waals surface area contributed by atoms with Gasteiger partial charge in [0.2, 0.25) is 15.9 Å². The predicted molar refractivity (Wildman–Crippen MR) is 117 cm³/mol. The quantitative estimate of drug-likeness (QED) is 0.698. The third-order valence-electron chi connectivity index (χ3n) is 5.12. The molecule has 0 radical (unpaired) electrons. The molecule has 0 bridgehead atoms. The Balaban J connectivity index is 1.55. The van der Waals surface area contributed by atoms with E-state index >= 15 is 0 Å². The van der Waals surface area contributed by atoms with Crippen molar-refractivity contribution in [3.8, 4) is 5.75 Å². The van der Waals surface area contributed by atoms with E-state index in [2.05, 4.69) is 5.32 Å². The molecular formula is C22H27ClN2O4S. The standard InChI is InChI=1S/C22H27ClN2O4S/c1-16-5-9-20(10-6-16)29-15-17(2)24-22(26)18-4-3-13-25(14-18)30(27,28)21-11-7-19(23)8-12-21/h5-12,17-18H,3-4,13-15H2,1-2H3,(H,24,26)/t17-,18-/m0/s1. The van der Waals surface area contributed by atoms with E-state index in [1.165, 1.54) is 16.4 Å². The van der Waals surface area contributed by atoms with Crippen molar-refractivity contribution in [1.29, 1.82) is 0 Å². The van der Waals surface area contributed by atoms with Crippen LogP contribution in [0.5, 0.6) is 5.75 Å². The molecule has 1 amide bonds. The Bertz CT molecular complexity index is 962. The number of piperidine rings is 1. The molecule has 0 spiro atoms. The number of carbonyl (C=O) groups is 1. The summed E-state index contributed by atoms with van der Waals surface area (Å²) in [4.78, 5) is 12.9. The van der Waals surface area contributed by atoms with E-state index in [1.54, 1.807) is 12.1 Å². The normalized spacial score (nSPS) is 18.6. The summed E-state index contributed by atoms with van der Waals surface area (Å²) in [6.07, 6.45) is 1.29. The lowest BCUT2D eigenvalue weighted by molar-refractivity contribution is -0.126. The van der Waals surface area contributed by atoms with Crippen LogP contribution >= 0.6 is 11.6 Å². The first-order valence-corrected chi connectivity index (χ1v) is 11.8. The fraction of sp³-hybridized carbons (Fsp3) is 0.409. The second-order valence-electron chi connectivity index (χ2n) is 7.69. The molecule has 162 valence electrons. The lowest BCUT2D eigenvalue weighted by atomic mass is 9.98. The highest BCUT2D eigenvalue weighted by atomic mass is 35.5. The molecule has 1 aliphatic heterocycles. The number of nitrogens with one attached hydrogen (secondary N) is 1. The molecule has 8 heteroatoms. The molecule has 0 aliphatic carbocycles. The van der Waals surface area contributed by atoms with Gasteiger partial charge >= 0.3 is 0 Å². The van der Waals surface area contributed by atoms with E-state index in [9.17, 15) is 13.2 Å². The number of nitrogens with zero attached hydrogens (tertiary/aromatic N) is 1. The van der Waals surface area contributed by atoms with E-state index in [-0.39, 0.29) is 29.3 Å². The Morgan fingerprint density at radius 1 is 1.20 bits per heavy atom. The van der Waals surface area contributed by atoms with Gasteiger partial charge in [-0.2, -0.15) is 4.31 Å². The predicted octanol–water partition coefficient (Wildman–Crippen LogP) is 3.63. The van der Waals surface area contributed by atoms with Gasteiger partial charge in [-0.3, -0.25) is 4.79 Å². The topological polar surface area (TPSA) is 75.7 Å². The van der Waals surface area contributed by atoms with Gasteiger partial charge in [-0.1, -0.05) is 29.3 Å². The van der Waals surface area contributed by atoms with Crippen molar-refractivity contribution < 1.29 is 17.9 Å². The SMILES string of the molecule is Cc1ccc(OC[C@H](C)NC(=O)[C@H]2CCCN(S(=O)(=O)c3ccc(Cl)cc3)C2)cc1. The zero-order valence-corrected chi connectivity index (χ0v) is 18.7. The van der Waals surface area contributed by atoms with Gasteiger partial charge in [0, 0.05) is 18.1 Å². The van der Waals surface area contributed by atoms with Gasteiger partial charge in [-0.05, 0) is 63.1 Å². The third-order valence-corrected chi connectivity index (χ3v) is 7.25. The van der Waals surface area contributed by atoms with Crippen LogP contribution in [0.3, 0.4) is 0 Å². The highest BCUT2D eigenvalue weighted by Crippen LogP contribution is 2.25. The molecule has 2 aromatic rings. The monoisotopic (exact) mass is 450 g/mol. The van der Waals surface area contributed by atoms with Gasteiger partial charge in [-0.15, -0.1) is 0 Å². The Morgan fingerprint density at radius 2 is 1.87 bits per heavy atom. The van der Waals surface area contributed by atoms with Crippen LogP contribution in [-0.4, -0.2) is 44.4 Å². The first kappa shape index (κ1) is 22.6. The summed E-state index contributed by atoms with van der Waals surface area (Å²) in [6.45, 7) is 4.79. The number of sulfonamides is 1. The van der Waals surface area contributed by atoms with E-state index in [0.29, 0.717) is 31.0 Å². The van der Waals surface area contributed by atoms with Crippen LogP contribution in [0.1, 0.15) is 25.3 Å². The zero-order chi connectivity index (χ0) is 21.7. The molecule has 1 saturated heterocycles. The average molecular weight is 451 g/mol. The first-order valence-electron chi connectivity index (χ1n) is 10.0. The minimum absolute atomic E-state index is 0.147. The van der Waals surface area contributed by atoms with Crippen LogP contribution in [0.15, 0.2) is 53.4 Å². The average Bonchev–Trinajstić information content (AvgIpc) is 2.74. The number of ether oxygens (including phenoxy) is 1. The summed E-state index contributed by atoms with van der Waals surface area (Å²) < 4.78 is 32.9. The van der Waals surface area contributed by atoms with Crippen molar-refractivity contribution in [2.45, 2.75) is 37.6 Å². The van der Waals surface area contributed by atoms with E-state index in [0.717, 1.165) is 11.3 Å². The van der Waals surface area contributed by atoms with Crippen molar-refractivity contribution in [2.24, 2.45) is 5.92 Å². The zero-order valence-electron chi connectivity index (χ0n) is 17.2. The fourth-order valence-electron chi connectivity index (χ4n) is 3.39. The molecule has 0 aromatic heterocycles. The maximum atomic E-state index is 12.9. The molecule has 0 unspecified atom stereocenters. The summed E-state index contributed by atoms with van der Waals surface area (Å²) in [5.41, 5.74) is 1.15. The molecule has 1 aliphatic rings. The number of amides is 1. The van der Waals surface area contributed by atoms with Crippen molar-refractivity contribution in [1.82, 2.24) is 9.62 Å². The molecule has 1 fully saturated rings. The lowest BCUT2D eigenvalue weighted by Crippen LogP contribution is -2.48. The lowest BCUT2D eigenvalue weighted by Gasteiger charge is -2.31. The molecule has 2 aromatic carbocycles. The summed E-state index contributed by atoms with van der Waals surface area (Å²) in [5, 5.41) is 3.43. The van der Waals surface area contributed by atoms with Gasteiger partial charge in [0.25, 0.3) is 0 Å². The minimum Gasteiger partial charge on any atom is -0.491 e. The van der Waals surface area contributed by atoms with Gasteiger partial charge in [-0.25, -0.2) is 8.42 Å². The van der Waals surface area contributed by atoms with Crippen LogP contribution in [0, 0.1) is 12.8 Å². The number of aryl methyl sites for hydroxylation is 1. The molecule has 30 heavy (non-hydrogen) atoms. The van der Waals surface area contributed by atoms with Crippen molar-refractivity contribution >= 4 is 27.5 Å². The van der Waals surface area contributed by atoms with Crippen LogP contribution in [0.4, 0.5) is 0 Å². The van der Waals surface area contributed by atoms with Gasteiger partial charge in [0.05, 0.1) is 16.9 Å². The molecular weight excluding hydrogens is 424 g/mol. The highest BCUT2D eigenvalue weighted by molar-refractivity contribution is 7.89. The maximum absolute atomic E-state index is 12.9. The molecule has 1 heterocycles. The number of hydrogen-bond acceptors (Lipinski definition) is 4. The summed E-state index contributed by atoms with van der Waals surface area (Å²) in [7, 11) is -3.65. The van der Waals surface area contributed by atoms with Crippen molar-refractivity contribution in [3.63, 3.8) is 0 Å². The highest BCUT2D eigenvalue weighted by Gasteiger charge is 2.33. The maximum Gasteiger partial charge on any atom is 0.243 e. The summed E-state index contributed by atoms with van der Waals surface area (Å²) >= 11 is 5.86. The molecule has 0 saturated carbocycles. The Labute approximate surface area is 183 Å². The third kappa shape index (κ3) is 5.74. The Kier molecular flexibility index (Phi) is 7.39. The number of benzene rings is 2. The number of hydrogen-bond donors (Lipinski definition) is 1.